The molecule has 1 amide bonds. The number of hydrogen-bond acceptors (Lipinski definition) is 3. The molecular weight excluding hydrogens is 264 g/mol. The van der Waals surface area contributed by atoms with Gasteiger partial charge in [-0.15, -0.1) is 0 Å². The van der Waals surface area contributed by atoms with Crippen LogP contribution in [-0.4, -0.2) is 12.5 Å². The molecule has 4 heteroatoms. The minimum atomic E-state index is -0.324. The zero-order chi connectivity index (χ0) is 15.1. The molecule has 0 spiro atoms. The molecule has 0 saturated carbocycles. The number of carbonyl (C=O) groups is 1. The molecular formula is C17H20N2O2. The van der Waals surface area contributed by atoms with Crippen molar-refractivity contribution in [2.75, 3.05) is 6.54 Å². The molecule has 0 heterocycles. The van der Waals surface area contributed by atoms with Gasteiger partial charge in [-0.3, -0.25) is 4.79 Å². The number of carbonyl (C=O) groups excluding carboxylic acids is 1. The van der Waals surface area contributed by atoms with Gasteiger partial charge >= 0.3 is 0 Å². The van der Waals surface area contributed by atoms with Gasteiger partial charge in [0, 0.05) is 12.5 Å². The molecule has 1 unspecified atom stereocenters. The van der Waals surface area contributed by atoms with Gasteiger partial charge in [0.25, 0.3) is 0 Å². The lowest BCUT2D eigenvalue weighted by Crippen LogP contribution is -2.26. The Kier molecular flexibility index (Phi) is 5.35. The van der Waals surface area contributed by atoms with E-state index in [1.807, 2.05) is 61.5 Å². The van der Waals surface area contributed by atoms with Gasteiger partial charge in [0.15, 0.2) is 0 Å². The average molecular weight is 284 g/mol. The van der Waals surface area contributed by atoms with Gasteiger partial charge in [0.2, 0.25) is 5.91 Å². The van der Waals surface area contributed by atoms with Crippen molar-refractivity contribution >= 4 is 5.91 Å². The van der Waals surface area contributed by atoms with E-state index in [1.54, 1.807) is 0 Å². The fourth-order valence-corrected chi connectivity index (χ4v) is 2.17. The summed E-state index contributed by atoms with van der Waals surface area (Å²) in [5.41, 5.74) is 6.30. The monoisotopic (exact) mass is 284 g/mol. The highest BCUT2D eigenvalue weighted by Crippen LogP contribution is 2.25. The van der Waals surface area contributed by atoms with Crippen molar-refractivity contribution in [3.8, 4) is 11.5 Å². The first-order valence-electron chi connectivity index (χ1n) is 7.03. The van der Waals surface area contributed by atoms with Crippen molar-refractivity contribution in [2.45, 2.75) is 19.4 Å². The second-order valence-electron chi connectivity index (χ2n) is 4.77. The van der Waals surface area contributed by atoms with E-state index in [4.69, 9.17) is 10.5 Å². The fourth-order valence-electron chi connectivity index (χ4n) is 2.17. The normalized spacial score (nSPS) is 11.9. The van der Waals surface area contributed by atoms with Crippen molar-refractivity contribution in [3.05, 3.63) is 60.2 Å². The summed E-state index contributed by atoms with van der Waals surface area (Å²) in [4.78, 5) is 11.2. The Labute approximate surface area is 124 Å². The predicted molar refractivity (Wildman–Crippen MR) is 83.2 cm³/mol. The van der Waals surface area contributed by atoms with E-state index < -0.39 is 0 Å². The molecule has 1 atom stereocenters. The van der Waals surface area contributed by atoms with E-state index in [9.17, 15) is 4.79 Å². The highest BCUT2D eigenvalue weighted by molar-refractivity contribution is 5.74. The van der Waals surface area contributed by atoms with Gasteiger partial charge in [-0.05, 0) is 36.4 Å². The lowest BCUT2D eigenvalue weighted by Gasteiger charge is -2.17. The van der Waals surface area contributed by atoms with Crippen LogP contribution in [0.1, 0.15) is 24.9 Å². The van der Waals surface area contributed by atoms with Gasteiger partial charge in [0.1, 0.15) is 11.5 Å². The summed E-state index contributed by atoms with van der Waals surface area (Å²) in [6.45, 7) is 2.76. The lowest BCUT2D eigenvalue weighted by molar-refractivity contribution is -0.118. The molecule has 21 heavy (non-hydrogen) atoms. The molecule has 0 bridgehead atoms. The molecule has 0 aliphatic heterocycles. The first-order chi connectivity index (χ1) is 10.2. The quantitative estimate of drug-likeness (QED) is 0.821. The van der Waals surface area contributed by atoms with E-state index in [0.717, 1.165) is 23.6 Å². The molecule has 0 saturated heterocycles. The van der Waals surface area contributed by atoms with Crippen LogP contribution in [0.2, 0.25) is 0 Å². The van der Waals surface area contributed by atoms with Crippen LogP contribution in [0.4, 0.5) is 0 Å². The summed E-state index contributed by atoms with van der Waals surface area (Å²) in [5.74, 6) is 1.20. The molecule has 110 valence electrons. The van der Waals surface area contributed by atoms with Crippen LogP contribution in [0, 0.1) is 0 Å². The van der Waals surface area contributed by atoms with Crippen molar-refractivity contribution < 1.29 is 9.53 Å². The maximum Gasteiger partial charge on any atom is 0.219 e. The largest absolute Gasteiger partial charge is 0.457 e. The molecule has 0 aliphatic rings. The summed E-state index contributed by atoms with van der Waals surface area (Å²) in [7, 11) is 0. The Morgan fingerprint density at radius 2 is 1.86 bits per heavy atom. The maximum absolute atomic E-state index is 11.2. The van der Waals surface area contributed by atoms with Crippen molar-refractivity contribution in [2.24, 2.45) is 5.73 Å². The first-order valence-corrected chi connectivity index (χ1v) is 7.03. The second-order valence-corrected chi connectivity index (χ2v) is 4.77. The molecule has 2 aromatic rings. The Hall–Kier alpha value is -2.33. The summed E-state index contributed by atoms with van der Waals surface area (Å²) >= 11 is 0. The highest BCUT2D eigenvalue weighted by Gasteiger charge is 2.13. The van der Waals surface area contributed by atoms with Crippen LogP contribution in [0.3, 0.4) is 0 Å². The topological polar surface area (TPSA) is 64.3 Å². The third-order valence-corrected chi connectivity index (χ3v) is 3.10. The number of nitrogens with two attached hydrogens (primary N) is 1. The number of primary amides is 1. The van der Waals surface area contributed by atoms with Crippen LogP contribution in [-0.2, 0) is 4.79 Å². The van der Waals surface area contributed by atoms with E-state index in [2.05, 4.69) is 5.32 Å². The van der Waals surface area contributed by atoms with Crippen molar-refractivity contribution in [1.82, 2.24) is 5.32 Å². The van der Waals surface area contributed by atoms with Gasteiger partial charge in [-0.2, -0.15) is 0 Å². The van der Waals surface area contributed by atoms with Crippen LogP contribution >= 0.6 is 0 Å². The molecule has 3 N–H and O–H groups in total. The standard InChI is InChI=1S/C17H20N2O2/c1-2-19-16(12-17(18)20)13-7-6-10-15(11-13)21-14-8-4-3-5-9-14/h3-11,16,19H,2,12H2,1H3,(H2,18,20). The van der Waals surface area contributed by atoms with Gasteiger partial charge < -0.3 is 15.8 Å². The third-order valence-electron chi connectivity index (χ3n) is 3.10. The number of benzene rings is 2. The Balaban J connectivity index is 2.17. The number of hydrogen-bond donors (Lipinski definition) is 2. The van der Waals surface area contributed by atoms with Crippen LogP contribution in [0.15, 0.2) is 54.6 Å². The molecule has 0 radical (unpaired) electrons. The zero-order valence-corrected chi connectivity index (χ0v) is 12.1. The van der Waals surface area contributed by atoms with E-state index in [-0.39, 0.29) is 18.4 Å². The summed E-state index contributed by atoms with van der Waals surface area (Å²) in [6, 6.07) is 17.2. The lowest BCUT2D eigenvalue weighted by atomic mass is 10.0. The van der Waals surface area contributed by atoms with Crippen LogP contribution in [0.25, 0.3) is 0 Å². The number of amides is 1. The summed E-state index contributed by atoms with van der Waals surface area (Å²) in [5, 5.41) is 3.26. The number of rotatable bonds is 7. The molecule has 0 fully saturated rings. The van der Waals surface area contributed by atoms with Crippen LogP contribution < -0.4 is 15.8 Å². The smallest absolute Gasteiger partial charge is 0.219 e. The van der Waals surface area contributed by atoms with Gasteiger partial charge in [0.05, 0.1) is 0 Å². The molecule has 0 aliphatic carbocycles. The van der Waals surface area contributed by atoms with Gasteiger partial charge in [-0.25, -0.2) is 0 Å². The van der Waals surface area contributed by atoms with Crippen LogP contribution in [0.5, 0.6) is 11.5 Å². The second kappa shape index (κ2) is 7.45. The van der Waals surface area contributed by atoms with Crippen molar-refractivity contribution in [1.29, 1.82) is 0 Å². The number of nitrogens with one attached hydrogen (secondary N) is 1. The minimum absolute atomic E-state index is 0.0909. The van der Waals surface area contributed by atoms with E-state index >= 15 is 0 Å². The Morgan fingerprint density at radius 3 is 2.52 bits per heavy atom. The summed E-state index contributed by atoms with van der Waals surface area (Å²) in [6.07, 6.45) is 0.266. The first kappa shape index (κ1) is 15.1. The maximum atomic E-state index is 11.2. The molecule has 2 rings (SSSR count). The molecule has 2 aromatic carbocycles. The Morgan fingerprint density at radius 1 is 1.14 bits per heavy atom. The fraction of sp³-hybridized carbons (Fsp3) is 0.235. The minimum Gasteiger partial charge on any atom is -0.457 e. The average Bonchev–Trinajstić information content (AvgIpc) is 2.48. The van der Waals surface area contributed by atoms with Crippen molar-refractivity contribution in [3.63, 3.8) is 0 Å². The zero-order valence-electron chi connectivity index (χ0n) is 12.1. The molecule has 4 nitrogen and oxygen atoms in total. The van der Waals surface area contributed by atoms with Gasteiger partial charge in [-0.1, -0.05) is 37.3 Å². The Bertz CT molecular complexity index is 584. The molecule has 0 aromatic heterocycles. The number of para-hydroxylation sites is 1. The SMILES string of the molecule is CCNC(CC(N)=O)c1cccc(Oc2ccccc2)c1. The van der Waals surface area contributed by atoms with E-state index in [1.165, 1.54) is 0 Å². The highest BCUT2D eigenvalue weighted by atomic mass is 16.5. The number of ether oxygens (including phenoxy) is 1. The van der Waals surface area contributed by atoms with E-state index in [0.29, 0.717) is 0 Å². The summed E-state index contributed by atoms with van der Waals surface area (Å²) < 4.78 is 5.81. The third kappa shape index (κ3) is 4.61. The predicted octanol–water partition coefficient (Wildman–Crippen LogP) is 3.00.